The summed E-state index contributed by atoms with van der Waals surface area (Å²) >= 11 is 0. The van der Waals surface area contributed by atoms with Crippen molar-refractivity contribution in [3.05, 3.63) is 0 Å². The molecule has 3 nitrogen and oxygen atoms in total. The first-order chi connectivity index (χ1) is 9.31. The van der Waals surface area contributed by atoms with E-state index in [0.717, 1.165) is 13.0 Å². The molecule has 3 heteroatoms. The van der Waals surface area contributed by atoms with E-state index < -0.39 is 0 Å². The summed E-state index contributed by atoms with van der Waals surface area (Å²) in [5.41, 5.74) is 0. The molecule has 1 atom stereocenters. The Kier molecular flexibility index (Phi) is 15.8. The smallest absolute Gasteiger partial charge is 0.0992 e. The number of hydrogen-bond acceptors (Lipinski definition) is 3. The molecule has 0 bridgehead atoms. The fourth-order valence-corrected chi connectivity index (χ4v) is 2.16. The number of ether oxygens (including phenoxy) is 1. The highest BCUT2D eigenvalue weighted by atomic mass is 16.6. The second kappa shape index (κ2) is 15.9. The molecule has 0 heterocycles. The predicted octanol–water partition coefficient (Wildman–Crippen LogP) is 4.59. The van der Waals surface area contributed by atoms with E-state index in [4.69, 9.17) is 10.6 Å². The van der Waals surface area contributed by atoms with Gasteiger partial charge in [0.05, 0.1) is 12.7 Å². The van der Waals surface area contributed by atoms with Gasteiger partial charge in [0.1, 0.15) is 0 Å². The first kappa shape index (κ1) is 18.9. The molecule has 1 unspecified atom stereocenters. The summed E-state index contributed by atoms with van der Waals surface area (Å²) in [6, 6.07) is 0. The van der Waals surface area contributed by atoms with Crippen molar-refractivity contribution < 1.29 is 9.57 Å². The van der Waals surface area contributed by atoms with Gasteiger partial charge in [0.2, 0.25) is 0 Å². The van der Waals surface area contributed by atoms with Crippen LogP contribution in [-0.2, 0) is 9.57 Å². The molecule has 0 saturated carbocycles. The lowest BCUT2D eigenvalue weighted by molar-refractivity contribution is -0.00842. The maximum Gasteiger partial charge on any atom is 0.0992 e. The van der Waals surface area contributed by atoms with E-state index in [1.54, 1.807) is 0 Å². The summed E-state index contributed by atoms with van der Waals surface area (Å²) in [6.45, 7) is 5.63. The molecule has 116 valence electrons. The minimum absolute atomic E-state index is 0.00714. The lowest BCUT2D eigenvalue weighted by atomic mass is 10.1. The first-order valence-electron chi connectivity index (χ1n) is 8.24. The molecule has 0 aliphatic rings. The summed E-state index contributed by atoms with van der Waals surface area (Å²) in [6.07, 6.45) is 15.1. The van der Waals surface area contributed by atoms with Crippen LogP contribution in [0.5, 0.6) is 0 Å². The van der Waals surface area contributed by atoms with E-state index in [1.807, 2.05) is 6.92 Å². The molecule has 0 fully saturated rings. The van der Waals surface area contributed by atoms with Crippen LogP contribution < -0.4 is 5.90 Å². The SMILES string of the molecule is CCCCCCCCCCCCCOCC(C)ON. The Balaban J connectivity index is 2.95. The molecule has 0 aliphatic carbocycles. The minimum Gasteiger partial charge on any atom is -0.379 e. The van der Waals surface area contributed by atoms with Crippen LogP contribution in [0.4, 0.5) is 0 Å². The van der Waals surface area contributed by atoms with Gasteiger partial charge in [-0.3, -0.25) is 4.84 Å². The molecule has 0 aromatic heterocycles. The van der Waals surface area contributed by atoms with Crippen molar-refractivity contribution in [2.75, 3.05) is 13.2 Å². The van der Waals surface area contributed by atoms with Gasteiger partial charge in [-0.1, -0.05) is 71.1 Å². The quantitative estimate of drug-likeness (QED) is 0.350. The molecule has 0 amide bonds. The molecule has 0 aromatic carbocycles. The van der Waals surface area contributed by atoms with Crippen LogP contribution in [0.15, 0.2) is 0 Å². The Hall–Kier alpha value is -0.120. The summed E-state index contributed by atoms with van der Waals surface area (Å²) in [4.78, 5) is 4.63. The molecule has 0 rings (SSSR count). The third-order valence-electron chi connectivity index (χ3n) is 3.48. The topological polar surface area (TPSA) is 44.5 Å². The fraction of sp³-hybridized carbons (Fsp3) is 1.00. The van der Waals surface area contributed by atoms with E-state index in [-0.39, 0.29) is 6.10 Å². The third-order valence-corrected chi connectivity index (χ3v) is 3.48. The van der Waals surface area contributed by atoms with Gasteiger partial charge >= 0.3 is 0 Å². The van der Waals surface area contributed by atoms with Crippen molar-refractivity contribution in [2.45, 2.75) is 90.6 Å². The number of nitrogens with two attached hydrogens (primary N) is 1. The summed E-state index contributed by atoms with van der Waals surface area (Å²) in [5, 5.41) is 0. The average molecular weight is 273 g/mol. The highest BCUT2D eigenvalue weighted by molar-refractivity contribution is 4.49. The standard InChI is InChI=1S/C16H35NO2/c1-3-4-5-6-7-8-9-10-11-12-13-14-18-15-16(2)19-17/h16H,3-15,17H2,1-2H3. The average Bonchev–Trinajstić information content (AvgIpc) is 2.43. The lowest BCUT2D eigenvalue weighted by Crippen LogP contribution is -2.19. The molecule has 0 saturated heterocycles. The van der Waals surface area contributed by atoms with E-state index in [1.165, 1.54) is 64.2 Å². The maximum absolute atomic E-state index is 5.46. The Labute approximate surface area is 120 Å². The minimum atomic E-state index is 0.00714. The van der Waals surface area contributed by atoms with Crippen molar-refractivity contribution in [3.63, 3.8) is 0 Å². The first-order valence-corrected chi connectivity index (χ1v) is 8.24. The van der Waals surface area contributed by atoms with Crippen LogP contribution in [0.1, 0.15) is 84.5 Å². The molecule has 2 N–H and O–H groups in total. The normalized spacial score (nSPS) is 12.8. The lowest BCUT2D eigenvalue weighted by Gasteiger charge is -2.09. The Morgan fingerprint density at radius 3 is 1.74 bits per heavy atom. The van der Waals surface area contributed by atoms with Crippen LogP contribution in [0.3, 0.4) is 0 Å². The second-order valence-electron chi connectivity index (χ2n) is 5.56. The van der Waals surface area contributed by atoms with Crippen molar-refractivity contribution in [2.24, 2.45) is 5.90 Å². The fourth-order valence-electron chi connectivity index (χ4n) is 2.16. The highest BCUT2D eigenvalue weighted by Crippen LogP contribution is 2.11. The van der Waals surface area contributed by atoms with Crippen LogP contribution in [0, 0.1) is 0 Å². The molecule has 19 heavy (non-hydrogen) atoms. The van der Waals surface area contributed by atoms with Crippen molar-refractivity contribution >= 4 is 0 Å². The zero-order valence-corrected chi connectivity index (χ0v) is 13.2. The molecule has 0 spiro atoms. The van der Waals surface area contributed by atoms with E-state index in [9.17, 15) is 0 Å². The van der Waals surface area contributed by atoms with Gasteiger partial charge < -0.3 is 4.74 Å². The van der Waals surface area contributed by atoms with Crippen LogP contribution in [0.2, 0.25) is 0 Å². The van der Waals surface area contributed by atoms with Gasteiger partial charge in [0, 0.05) is 6.61 Å². The van der Waals surface area contributed by atoms with E-state index >= 15 is 0 Å². The van der Waals surface area contributed by atoms with E-state index in [0.29, 0.717) is 6.61 Å². The van der Waals surface area contributed by atoms with Gasteiger partial charge in [-0.05, 0) is 13.3 Å². The molecule has 0 aromatic rings. The van der Waals surface area contributed by atoms with Crippen molar-refractivity contribution in [1.82, 2.24) is 0 Å². The summed E-state index contributed by atoms with van der Waals surface area (Å²) in [7, 11) is 0. The van der Waals surface area contributed by atoms with Gasteiger partial charge in [0.15, 0.2) is 0 Å². The molecule has 0 radical (unpaired) electrons. The number of hydrogen-bond donors (Lipinski definition) is 1. The molecule has 0 aliphatic heterocycles. The van der Waals surface area contributed by atoms with Gasteiger partial charge in [-0.25, -0.2) is 5.90 Å². The zero-order valence-electron chi connectivity index (χ0n) is 13.2. The summed E-state index contributed by atoms with van der Waals surface area (Å²) in [5.74, 6) is 5.04. The Morgan fingerprint density at radius 1 is 0.789 bits per heavy atom. The van der Waals surface area contributed by atoms with E-state index in [2.05, 4.69) is 11.8 Å². The summed E-state index contributed by atoms with van der Waals surface area (Å²) < 4.78 is 5.46. The van der Waals surface area contributed by atoms with Crippen molar-refractivity contribution in [1.29, 1.82) is 0 Å². The molecular weight excluding hydrogens is 238 g/mol. The van der Waals surface area contributed by atoms with Crippen LogP contribution >= 0.6 is 0 Å². The van der Waals surface area contributed by atoms with Gasteiger partial charge in [-0.15, -0.1) is 0 Å². The zero-order chi connectivity index (χ0) is 14.2. The third kappa shape index (κ3) is 15.8. The largest absolute Gasteiger partial charge is 0.379 e. The maximum atomic E-state index is 5.46. The predicted molar refractivity (Wildman–Crippen MR) is 82.0 cm³/mol. The van der Waals surface area contributed by atoms with Crippen LogP contribution in [-0.4, -0.2) is 19.3 Å². The number of unbranched alkanes of at least 4 members (excludes halogenated alkanes) is 10. The van der Waals surface area contributed by atoms with Gasteiger partial charge in [0.25, 0.3) is 0 Å². The Bertz CT molecular complexity index is 165. The number of rotatable bonds is 15. The van der Waals surface area contributed by atoms with Gasteiger partial charge in [-0.2, -0.15) is 0 Å². The van der Waals surface area contributed by atoms with Crippen molar-refractivity contribution in [3.8, 4) is 0 Å². The molecular formula is C16H35NO2. The Morgan fingerprint density at radius 2 is 1.26 bits per heavy atom. The monoisotopic (exact) mass is 273 g/mol. The van der Waals surface area contributed by atoms with Crippen LogP contribution in [0.25, 0.3) is 0 Å². The highest BCUT2D eigenvalue weighted by Gasteiger charge is 1.99. The second-order valence-corrected chi connectivity index (χ2v) is 5.56.